The van der Waals surface area contributed by atoms with E-state index in [-0.39, 0.29) is 18.4 Å². The summed E-state index contributed by atoms with van der Waals surface area (Å²) in [5.74, 6) is -0.363. The molecule has 4 aromatic rings. The molecule has 0 spiro atoms. The van der Waals surface area contributed by atoms with Crippen LogP contribution in [0.2, 0.25) is 5.02 Å². The Hall–Kier alpha value is -3.02. The summed E-state index contributed by atoms with van der Waals surface area (Å²) in [5.41, 5.74) is 4.12. The van der Waals surface area contributed by atoms with Gasteiger partial charge >= 0.3 is 0 Å². The lowest BCUT2D eigenvalue weighted by Crippen LogP contribution is -2.19. The lowest BCUT2D eigenvalue weighted by molar-refractivity contribution is 0.532. The first kappa shape index (κ1) is 20.3. The Bertz CT molecular complexity index is 1090. The van der Waals surface area contributed by atoms with E-state index in [2.05, 4.69) is 34.6 Å². The minimum atomic E-state index is -0.363. The van der Waals surface area contributed by atoms with E-state index >= 15 is 0 Å². The maximum absolute atomic E-state index is 14.2. The van der Waals surface area contributed by atoms with Crippen molar-refractivity contribution in [2.75, 3.05) is 0 Å². The highest BCUT2D eigenvalue weighted by atomic mass is 35.5. The first-order valence-corrected chi connectivity index (χ1v) is 10.2. The van der Waals surface area contributed by atoms with Crippen LogP contribution in [-0.2, 0) is 13.1 Å². The number of aromatic nitrogens is 3. The third-order valence-corrected chi connectivity index (χ3v) is 5.36. The molecule has 0 bridgehead atoms. The number of hydrogen-bond acceptors (Lipinski definition) is 3. The predicted molar refractivity (Wildman–Crippen MR) is 118 cm³/mol. The highest BCUT2D eigenvalue weighted by Gasteiger charge is 2.16. The van der Waals surface area contributed by atoms with Crippen LogP contribution >= 0.6 is 11.6 Å². The van der Waals surface area contributed by atoms with Gasteiger partial charge in [0.1, 0.15) is 17.2 Å². The Morgan fingerprint density at radius 2 is 1.63 bits per heavy atom. The van der Waals surface area contributed by atoms with Crippen LogP contribution in [0.5, 0.6) is 0 Å². The van der Waals surface area contributed by atoms with Crippen molar-refractivity contribution in [1.29, 1.82) is 0 Å². The molecule has 0 saturated carbocycles. The van der Waals surface area contributed by atoms with Crippen LogP contribution < -0.4 is 5.32 Å². The van der Waals surface area contributed by atoms with Crippen LogP contribution in [0.15, 0.2) is 78.9 Å². The summed E-state index contributed by atoms with van der Waals surface area (Å²) < 4.78 is 14.2. The van der Waals surface area contributed by atoms with Crippen molar-refractivity contribution < 1.29 is 4.39 Å². The fourth-order valence-electron chi connectivity index (χ4n) is 3.33. The lowest BCUT2D eigenvalue weighted by atomic mass is 10.1. The third kappa shape index (κ3) is 4.58. The summed E-state index contributed by atoms with van der Waals surface area (Å²) in [6.07, 6.45) is 0. The largest absolute Gasteiger partial charge is 0.304 e. The molecule has 0 radical (unpaired) electrons. The van der Waals surface area contributed by atoms with Gasteiger partial charge in [-0.1, -0.05) is 78.3 Å². The Morgan fingerprint density at radius 1 is 0.933 bits per heavy atom. The number of rotatable bonds is 7. The maximum Gasteiger partial charge on any atom is 0.129 e. The van der Waals surface area contributed by atoms with Crippen molar-refractivity contribution in [3.8, 4) is 11.3 Å². The normalized spacial score (nSPS) is 12.1. The lowest BCUT2D eigenvalue weighted by Gasteiger charge is -2.13. The molecular formula is C24H22ClFN4. The Balaban J connectivity index is 1.61. The highest BCUT2D eigenvalue weighted by Crippen LogP contribution is 2.23. The molecule has 3 aromatic carbocycles. The minimum Gasteiger partial charge on any atom is -0.304 e. The number of nitrogens with one attached hydrogen (secondary N) is 1. The fourth-order valence-corrected chi connectivity index (χ4v) is 3.55. The molecule has 0 saturated heterocycles. The van der Waals surface area contributed by atoms with E-state index < -0.39 is 0 Å². The maximum atomic E-state index is 14.2. The zero-order valence-corrected chi connectivity index (χ0v) is 17.4. The average Bonchev–Trinajstić information content (AvgIpc) is 3.19. The van der Waals surface area contributed by atoms with Gasteiger partial charge in [-0.2, -0.15) is 15.0 Å². The SMILES string of the molecule is C[C@H](NCc1nn(Cc2c(F)cccc2Cl)nc1-c1ccccc1)c1ccccc1. The Labute approximate surface area is 180 Å². The Kier molecular flexibility index (Phi) is 6.21. The van der Waals surface area contributed by atoms with E-state index in [9.17, 15) is 4.39 Å². The van der Waals surface area contributed by atoms with E-state index in [1.807, 2.05) is 48.5 Å². The summed E-state index contributed by atoms with van der Waals surface area (Å²) >= 11 is 6.19. The second kappa shape index (κ2) is 9.20. The van der Waals surface area contributed by atoms with Gasteiger partial charge < -0.3 is 5.32 Å². The third-order valence-electron chi connectivity index (χ3n) is 5.01. The van der Waals surface area contributed by atoms with Crippen LogP contribution in [0.25, 0.3) is 11.3 Å². The van der Waals surface area contributed by atoms with Gasteiger partial charge in [-0.3, -0.25) is 0 Å². The zero-order valence-electron chi connectivity index (χ0n) is 16.6. The topological polar surface area (TPSA) is 42.7 Å². The molecule has 1 heterocycles. The second-order valence-corrected chi connectivity index (χ2v) is 7.51. The minimum absolute atomic E-state index is 0.154. The molecule has 152 valence electrons. The molecule has 0 aliphatic carbocycles. The van der Waals surface area contributed by atoms with E-state index in [4.69, 9.17) is 11.6 Å². The van der Waals surface area contributed by atoms with Crippen molar-refractivity contribution >= 4 is 11.6 Å². The van der Waals surface area contributed by atoms with Crippen molar-refractivity contribution in [2.45, 2.75) is 26.1 Å². The van der Waals surface area contributed by atoms with Gasteiger partial charge in [-0.15, -0.1) is 0 Å². The monoisotopic (exact) mass is 420 g/mol. The highest BCUT2D eigenvalue weighted by molar-refractivity contribution is 6.31. The van der Waals surface area contributed by atoms with Crippen LogP contribution in [-0.4, -0.2) is 15.0 Å². The summed E-state index contributed by atoms with van der Waals surface area (Å²) in [7, 11) is 0. The van der Waals surface area contributed by atoms with Crippen molar-refractivity contribution in [3.63, 3.8) is 0 Å². The van der Waals surface area contributed by atoms with E-state index in [1.165, 1.54) is 16.4 Å². The van der Waals surface area contributed by atoms with Crippen LogP contribution in [0.3, 0.4) is 0 Å². The van der Waals surface area contributed by atoms with Crippen molar-refractivity contribution in [1.82, 2.24) is 20.3 Å². The van der Waals surface area contributed by atoms with E-state index in [0.29, 0.717) is 17.1 Å². The van der Waals surface area contributed by atoms with Gasteiger partial charge in [0.05, 0.1) is 6.54 Å². The summed E-state index contributed by atoms with van der Waals surface area (Å²) in [6.45, 7) is 2.81. The number of halogens is 2. The van der Waals surface area contributed by atoms with Crippen LogP contribution in [0.4, 0.5) is 4.39 Å². The quantitative estimate of drug-likeness (QED) is 0.421. The van der Waals surface area contributed by atoms with Gasteiger partial charge in [0, 0.05) is 28.7 Å². The molecule has 0 amide bonds. The molecule has 4 rings (SSSR count). The van der Waals surface area contributed by atoms with Gasteiger partial charge in [0.25, 0.3) is 0 Å². The Morgan fingerprint density at radius 3 is 2.33 bits per heavy atom. The van der Waals surface area contributed by atoms with E-state index in [1.54, 1.807) is 12.1 Å². The molecule has 1 aromatic heterocycles. The summed E-state index contributed by atoms with van der Waals surface area (Å²) in [4.78, 5) is 1.51. The summed E-state index contributed by atoms with van der Waals surface area (Å²) in [5, 5.41) is 13.2. The molecule has 0 fully saturated rings. The molecule has 4 nitrogen and oxygen atoms in total. The molecule has 1 N–H and O–H groups in total. The molecular weight excluding hydrogens is 399 g/mol. The molecule has 6 heteroatoms. The van der Waals surface area contributed by atoms with Crippen molar-refractivity contribution in [3.05, 3.63) is 107 Å². The molecule has 0 aliphatic heterocycles. The standard InChI is InChI=1S/C24H22ClFN4/c1-17(18-9-4-2-5-10-18)27-15-23-24(19-11-6-3-7-12-19)29-30(28-23)16-20-21(25)13-8-14-22(20)26/h2-14,17,27H,15-16H2,1H3/t17-/m0/s1. The first-order chi connectivity index (χ1) is 14.6. The summed E-state index contributed by atoms with van der Waals surface area (Å²) in [6, 6.07) is 24.9. The van der Waals surface area contributed by atoms with Gasteiger partial charge in [-0.25, -0.2) is 4.39 Å². The van der Waals surface area contributed by atoms with Crippen LogP contribution in [0, 0.1) is 5.82 Å². The molecule has 0 unspecified atom stereocenters. The first-order valence-electron chi connectivity index (χ1n) is 9.82. The second-order valence-electron chi connectivity index (χ2n) is 7.11. The van der Waals surface area contributed by atoms with Crippen molar-refractivity contribution in [2.24, 2.45) is 0 Å². The van der Waals surface area contributed by atoms with Crippen LogP contribution in [0.1, 0.15) is 29.8 Å². The van der Waals surface area contributed by atoms with E-state index in [0.717, 1.165) is 17.0 Å². The predicted octanol–water partition coefficient (Wildman–Crippen LogP) is 5.64. The smallest absolute Gasteiger partial charge is 0.129 e. The molecule has 1 atom stereocenters. The molecule has 30 heavy (non-hydrogen) atoms. The van der Waals surface area contributed by atoms with Gasteiger partial charge in [0.15, 0.2) is 0 Å². The van der Waals surface area contributed by atoms with Gasteiger partial charge in [0.2, 0.25) is 0 Å². The fraction of sp³-hybridized carbons (Fsp3) is 0.167. The molecule has 0 aliphatic rings. The average molecular weight is 421 g/mol. The zero-order chi connectivity index (χ0) is 20.9. The number of hydrogen-bond donors (Lipinski definition) is 1. The van der Waals surface area contributed by atoms with Gasteiger partial charge in [-0.05, 0) is 24.6 Å². The number of nitrogens with zero attached hydrogens (tertiary/aromatic N) is 3. The number of benzene rings is 3.